The van der Waals surface area contributed by atoms with Gasteiger partial charge in [-0.15, -0.1) is 0 Å². The number of nitro groups is 1. The van der Waals surface area contributed by atoms with Crippen molar-refractivity contribution in [3.8, 4) is 0 Å². The van der Waals surface area contributed by atoms with Gasteiger partial charge in [0.2, 0.25) is 0 Å². The Bertz CT molecular complexity index is 495. The maximum atomic E-state index is 10.4. The summed E-state index contributed by atoms with van der Waals surface area (Å²) in [7, 11) is 0. The fourth-order valence-corrected chi connectivity index (χ4v) is 1.06. The van der Waals surface area contributed by atoms with Gasteiger partial charge in [-0.25, -0.2) is 0 Å². The molecule has 0 aliphatic carbocycles. The van der Waals surface area contributed by atoms with Crippen molar-refractivity contribution in [1.82, 2.24) is 10.7 Å². The average Bonchev–Trinajstić information content (AvgIpc) is 2.75. The zero-order valence-corrected chi connectivity index (χ0v) is 10.5. The SMILES string of the molecule is C=C(C)CNC(=S)NN=Cc1ccc([N+](=O)[O-])o1. The summed E-state index contributed by atoms with van der Waals surface area (Å²) in [5.74, 6) is -0.0728. The monoisotopic (exact) mass is 268 g/mol. The Labute approximate surface area is 109 Å². The minimum atomic E-state index is -0.621. The van der Waals surface area contributed by atoms with Crippen LogP contribution in [0.2, 0.25) is 0 Å². The molecule has 0 aliphatic rings. The lowest BCUT2D eigenvalue weighted by Crippen LogP contribution is -2.32. The van der Waals surface area contributed by atoms with Crippen LogP contribution in [-0.2, 0) is 0 Å². The van der Waals surface area contributed by atoms with E-state index in [1.165, 1.54) is 18.3 Å². The van der Waals surface area contributed by atoms with Crippen LogP contribution < -0.4 is 10.7 Å². The number of nitrogens with zero attached hydrogens (tertiary/aromatic N) is 2. The van der Waals surface area contributed by atoms with Crippen LogP contribution in [0.3, 0.4) is 0 Å². The van der Waals surface area contributed by atoms with E-state index in [0.717, 1.165) is 5.57 Å². The summed E-state index contributed by atoms with van der Waals surface area (Å²) in [6.45, 7) is 6.12. The van der Waals surface area contributed by atoms with Crippen molar-refractivity contribution in [3.63, 3.8) is 0 Å². The maximum absolute atomic E-state index is 10.4. The summed E-state index contributed by atoms with van der Waals surface area (Å²) < 4.78 is 4.86. The molecule has 0 aliphatic heterocycles. The van der Waals surface area contributed by atoms with Crippen molar-refractivity contribution in [1.29, 1.82) is 0 Å². The van der Waals surface area contributed by atoms with Gasteiger partial charge in [0.05, 0.1) is 12.3 Å². The van der Waals surface area contributed by atoms with E-state index in [4.69, 9.17) is 16.6 Å². The first-order chi connectivity index (χ1) is 8.49. The Morgan fingerprint density at radius 1 is 1.72 bits per heavy atom. The first-order valence-electron chi connectivity index (χ1n) is 4.94. The lowest BCUT2D eigenvalue weighted by Gasteiger charge is -2.05. The van der Waals surface area contributed by atoms with Gasteiger partial charge in [0, 0.05) is 6.54 Å². The summed E-state index contributed by atoms with van der Waals surface area (Å²) in [4.78, 5) is 9.74. The van der Waals surface area contributed by atoms with E-state index in [2.05, 4.69) is 22.4 Å². The zero-order chi connectivity index (χ0) is 13.5. The highest BCUT2D eigenvalue weighted by Crippen LogP contribution is 2.13. The molecule has 1 rings (SSSR count). The number of furan rings is 1. The van der Waals surface area contributed by atoms with Gasteiger partial charge in [-0.3, -0.25) is 15.5 Å². The van der Waals surface area contributed by atoms with Gasteiger partial charge in [0.25, 0.3) is 0 Å². The molecule has 0 unspecified atom stereocenters. The highest BCUT2D eigenvalue weighted by atomic mass is 32.1. The quantitative estimate of drug-likeness (QED) is 0.277. The fourth-order valence-electron chi connectivity index (χ4n) is 0.935. The fraction of sp³-hybridized carbons (Fsp3) is 0.200. The molecular weight excluding hydrogens is 256 g/mol. The number of rotatable bonds is 5. The molecule has 8 heteroatoms. The van der Waals surface area contributed by atoms with Gasteiger partial charge in [-0.2, -0.15) is 5.10 Å². The molecule has 0 radical (unpaired) electrons. The van der Waals surface area contributed by atoms with Crippen LogP contribution >= 0.6 is 12.2 Å². The molecule has 1 aromatic rings. The third-order valence-corrected chi connectivity index (χ3v) is 1.94. The Kier molecular flexibility index (Phi) is 5.00. The Morgan fingerprint density at radius 2 is 2.44 bits per heavy atom. The standard InChI is InChI=1S/C10H12N4O3S/c1-7(2)5-11-10(18)13-12-6-8-3-4-9(17-8)14(15)16/h3-4,6H,1,5H2,2H3,(H2,11,13,18). The van der Waals surface area contributed by atoms with Gasteiger partial charge >= 0.3 is 5.88 Å². The Hall–Kier alpha value is -2.22. The first-order valence-corrected chi connectivity index (χ1v) is 5.35. The molecule has 0 atom stereocenters. The summed E-state index contributed by atoms with van der Waals surface area (Å²) in [6, 6.07) is 2.69. The number of nitrogens with one attached hydrogen (secondary N) is 2. The largest absolute Gasteiger partial charge is 0.433 e. The molecule has 0 fully saturated rings. The number of hydrogen-bond donors (Lipinski definition) is 2. The van der Waals surface area contributed by atoms with E-state index in [1.807, 2.05) is 6.92 Å². The number of thiocarbonyl (C=S) groups is 1. The van der Waals surface area contributed by atoms with Gasteiger partial charge < -0.3 is 9.73 Å². The normalized spacial score (nSPS) is 10.3. The maximum Gasteiger partial charge on any atom is 0.433 e. The molecule has 0 bridgehead atoms. The molecule has 0 spiro atoms. The average molecular weight is 268 g/mol. The second-order valence-corrected chi connectivity index (χ2v) is 3.85. The van der Waals surface area contributed by atoms with E-state index in [9.17, 15) is 10.1 Å². The van der Waals surface area contributed by atoms with Crippen LogP contribution in [0.25, 0.3) is 0 Å². The van der Waals surface area contributed by atoms with Gasteiger partial charge in [-0.05, 0) is 25.2 Å². The molecular formula is C10H12N4O3S. The molecule has 7 nitrogen and oxygen atoms in total. The molecule has 0 saturated heterocycles. The highest BCUT2D eigenvalue weighted by Gasteiger charge is 2.09. The van der Waals surface area contributed by atoms with Gasteiger partial charge in [-0.1, -0.05) is 12.2 Å². The van der Waals surface area contributed by atoms with E-state index in [-0.39, 0.29) is 11.6 Å². The number of hydrogen-bond acceptors (Lipinski definition) is 5. The molecule has 1 aromatic heterocycles. The molecule has 0 aromatic carbocycles. The minimum absolute atomic E-state index is 0.261. The van der Waals surface area contributed by atoms with E-state index in [1.54, 1.807) is 0 Å². The van der Waals surface area contributed by atoms with Gasteiger partial charge in [0.15, 0.2) is 10.9 Å². The van der Waals surface area contributed by atoms with Crippen molar-refractivity contribution < 1.29 is 9.34 Å². The Morgan fingerprint density at radius 3 is 3.00 bits per heavy atom. The topological polar surface area (TPSA) is 92.7 Å². The molecule has 2 N–H and O–H groups in total. The van der Waals surface area contributed by atoms with Crippen LogP contribution in [0.5, 0.6) is 0 Å². The van der Waals surface area contributed by atoms with Crippen molar-refractivity contribution >= 4 is 29.4 Å². The van der Waals surface area contributed by atoms with Crippen molar-refractivity contribution in [3.05, 3.63) is 40.2 Å². The number of hydrazone groups is 1. The third-order valence-electron chi connectivity index (χ3n) is 1.70. The van der Waals surface area contributed by atoms with E-state index < -0.39 is 4.92 Å². The second kappa shape index (κ2) is 6.50. The van der Waals surface area contributed by atoms with E-state index in [0.29, 0.717) is 11.7 Å². The van der Waals surface area contributed by atoms with Crippen LogP contribution in [0, 0.1) is 10.1 Å². The van der Waals surface area contributed by atoms with Crippen molar-refractivity contribution in [2.24, 2.45) is 5.10 Å². The summed E-state index contributed by atoms with van der Waals surface area (Å²) in [5, 5.41) is 17.3. The predicted molar refractivity (Wildman–Crippen MR) is 71.5 cm³/mol. The molecule has 96 valence electrons. The van der Waals surface area contributed by atoms with Crippen LogP contribution in [0.4, 0.5) is 5.88 Å². The summed E-state index contributed by atoms with van der Waals surface area (Å²) in [6.07, 6.45) is 1.29. The van der Waals surface area contributed by atoms with E-state index >= 15 is 0 Å². The zero-order valence-electron chi connectivity index (χ0n) is 9.67. The molecule has 18 heavy (non-hydrogen) atoms. The summed E-state index contributed by atoms with van der Waals surface area (Å²) >= 11 is 4.92. The summed E-state index contributed by atoms with van der Waals surface area (Å²) in [5.41, 5.74) is 3.48. The Balaban J connectivity index is 2.42. The van der Waals surface area contributed by atoms with Crippen molar-refractivity contribution in [2.45, 2.75) is 6.92 Å². The first kappa shape index (κ1) is 13.8. The van der Waals surface area contributed by atoms with Gasteiger partial charge in [0.1, 0.15) is 4.92 Å². The smallest absolute Gasteiger partial charge is 0.400 e. The lowest BCUT2D eigenvalue weighted by molar-refractivity contribution is -0.402. The van der Waals surface area contributed by atoms with Crippen LogP contribution in [0.15, 0.2) is 33.8 Å². The lowest BCUT2D eigenvalue weighted by atomic mass is 10.4. The second-order valence-electron chi connectivity index (χ2n) is 3.44. The predicted octanol–water partition coefficient (Wildman–Crippen LogP) is 1.56. The van der Waals surface area contributed by atoms with Crippen molar-refractivity contribution in [2.75, 3.05) is 6.54 Å². The van der Waals surface area contributed by atoms with Crippen LogP contribution in [0.1, 0.15) is 12.7 Å². The molecule has 0 saturated carbocycles. The van der Waals surface area contributed by atoms with Crippen LogP contribution in [-0.4, -0.2) is 22.8 Å². The highest BCUT2D eigenvalue weighted by molar-refractivity contribution is 7.80. The molecule has 0 amide bonds. The third kappa shape index (κ3) is 4.74. The molecule has 1 heterocycles. The minimum Gasteiger partial charge on any atom is -0.400 e.